The molecule has 0 aromatic rings. The van der Waals surface area contributed by atoms with Crippen LogP contribution in [-0.4, -0.2) is 191 Å². The zero-order chi connectivity index (χ0) is 46.9. The Labute approximate surface area is 379 Å². The van der Waals surface area contributed by atoms with Crippen LogP contribution in [0.3, 0.4) is 0 Å². The summed E-state index contributed by atoms with van der Waals surface area (Å²) in [6.07, 6.45) is -1.09. The third-order valence-electron chi connectivity index (χ3n) is 12.1. The van der Waals surface area contributed by atoms with Gasteiger partial charge in [0.05, 0.1) is 32.5 Å². The van der Waals surface area contributed by atoms with Crippen molar-refractivity contribution in [3.8, 4) is 0 Å². The van der Waals surface area contributed by atoms with Gasteiger partial charge in [0.2, 0.25) is 5.91 Å². The number of ether oxygens (including phenoxy) is 8. The van der Waals surface area contributed by atoms with E-state index in [1.54, 1.807) is 0 Å². The zero-order valence-corrected chi connectivity index (χ0v) is 38.5. The molecule has 19 heteroatoms. The summed E-state index contributed by atoms with van der Waals surface area (Å²) in [5, 5.41) is 86.7. The van der Waals surface area contributed by atoms with E-state index in [1.165, 1.54) is 90.4 Å². The van der Waals surface area contributed by atoms with Crippen molar-refractivity contribution >= 4 is 11.7 Å². The highest BCUT2D eigenvalue weighted by Gasteiger charge is 2.54. The van der Waals surface area contributed by atoms with Gasteiger partial charge in [0.15, 0.2) is 24.7 Å². The fourth-order valence-electron chi connectivity index (χ4n) is 8.18. The van der Waals surface area contributed by atoms with Crippen molar-refractivity contribution in [3.63, 3.8) is 0 Å². The number of aliphatic hydroxyl groups is 8. The lowest BCUT2D eigenvalue weighted by Crippen LogP contribution is -2.68. The van der Waals surface area contributed by atoms with Gasteiger partial charge in [-0.15, -0.1) is 0 Å². The summed E-state index contributed by atoms with van der Waals surface area (Å²) in [5.41, 5.74) is 0. The summed E-state index contributed by atoms with van der Waals surface area (Å²) in [4.78, 5) is 24.6. The van der Waals surface area contributed by atoms with Crippen molar-refractivity contribution in [1.82, 2.24) is 5.32 Å². The maximum absolute atomic E-state index is 12.5. The van der Waals surface area contributed by atoms with Gasteiger partial charge in [0.25, 0.3) is 0 Å². The van der Waals surface area contributed by atoms with Crippen molar-refractivity contribution < 1.29 is 88.3 Å². The van der Waals surface area contributed by atoms with E-state index in [2.05, 4.69) is 12.2 Å². The summed E-state index contributed by atoms with van der Waals surface area (Å²) < 4.78 is 46.6. The number of nitrogens with one attached hydrogen (secondary N) is 1. The summed E-state index contributed by atoms with van der Waals surface area (Å²) >= 11 is 0. The first-order valence-corrected chi connectivity index (χ1v) is 24.0. The first-order valence-electron chi connectivity index (χ1n) is 24.0. The maximum Gasteiger partial charge on any atom is 0.217 e. The van der Waals surface area contributed by atoms with Crippen LogP contribution in [0, 0.1) is 0 Å². The number of carbonyl (C=O) groups excluding carboxylic acids is 2. The molecule has 9 N–H and O–H groups in total. The summed E-state index contributed by atoms with van der Waals surface area (Å²) in [5.74, 6) is -0.742. The zero-order valence-electron chi connectivity index (χ0n) is 38.5. The van der Waals surface area contributed by atoms with E-state index in [0.29, 0.717) is 32.7 Å². The monoisotopic (exact) mass is 926 g/mol. The lowest BCUT2D eigenvalue weighted by molar-refractivity contribution is -0.385. The Bertz CT molecular complexity index is 1240. The molecular formula is C45H83NO18. The van der Waals surface area contributed by atoms with Crippen LogP contribution in [0.25, 0.3) is 0 Å². The molecule has 64 heavy (non-hydrogen) atoms. The third-order valence-corrected chi connectivity index (χ3v) is 12.1. The lowest BCUT2D eigenvalue weighted by atomic mass is 9.95. The molecule has 3 saturated heterocycles. The topological polar surface area (TPSA) is 282 Å². The van der Waals surface area contributed by atoms with Crippen LogP contribution in [0.4, 0.5) is 0 Å². The van der Waals surface area contributed by atoms with Gasteiger partial charge >= 0.3 is 0 Å². The highest BCUT2D eigenvalue weighted by molar-refractivity contribution is 5.79. The molecule has 0 radical (unpaired) electrons. The van der Waals surface area contributed by atoms with Gasteiger partial charge in [0, 0.05) is 26.6 Å². The van der Waals surface area contributed by atoms with Gasteiger partial charge in [-0.2, -0.15) is 0 Å². The van der Waals surface area contributed by atoms with Crippen LogP contribution < -0.4 is 5.32 Å². The Hall–Kier alpha value is -1.50. The standard InChI is InChI=1S/C45H83NO18/c1-4-5-6-7-8-9-10-11-12-13-14-15-16-17-19-22-57-24-25-58-28-31(50)21-18-20-23-59-45-42(64-44-40(56)39(55)35(51)29(2)60-44)41(37(53)33(27-48)62-45)63-43-34(46-30(3)49)38(54)36(52)32(26-47)61-43/h29,32-45,47-48,51-56H,4-28H2,1-3H3,(H,46,49)/t29?,32?,33?,34?,35-,36+,37+,38-,39?,40+,41+,42?,43-,44+,45-/m1/s1. The first-order chi connectivity index (χ1) is 30.8. The van der Waals surface area contributed by atoms with Crippen LogP contribution in [0.2, 0.25) is 0 Å². The minimum Gasteiger partial charge on any atom is -0.394 e. The molecule has 376 valence electrons. The van der Waals surface area contributed by atoms with Crippen LogP contribution in [0.5, 0.6) is 0 Å². The van der Waals surface area contributed by atoms with Crippen LogP contribution >= 0.6 is 0 Å². The number of ketones is 1. The molecule has 19 nitrogen and oxygen atoms in total. The number of hydrogen-bond donors (Lipinski definition) is 9. The smallest absolute Gasteiger partial charge is 0.217 e. The van der Waals surface area contributed by atoms with E-state index in [9.17, 15) is 50.4 Å². The van der Waals surface area contributed by atoms with Crippen molar-refractivity contribution in [3.05, 3.63) is 0 Å². The quantitative estimate of drug-likeness (QED) is 0.0411. The minimum atomic E-state index is -1.80. The number of amides is 1. The molecule has 3 aliphatic rings. The van der Waals surface area contributed by atoms with Gasteiger partial charge in [-0.05, 0) is 26.2 Å². The fourth-order valence-corrected chi connectivity index (χ4v) is 8.18. The highest BCUT2D eigenvalue weighted by atomic mass is 16.8. The fraction of sp³-hybridized carbons (Fsp3) is 0.956. The second kappa shape index (κ2) is 32.3. The summed E-state index contributed by atoms with van der Waals surface area (Å²) in [7, 11) is 0. The SMILES string of the molecule is CCCCCCCCCCCCCCCCCOCCOCC(=O)CCCCO[C@@H]1OC(CO)[C@H](O)[C@H](O[C@H]2OC(CO)[C@H](O)[C@H](O)C2NC(C)=O)C1O[C@@H]1OC(C)[C@@H](O)C(O)[C@@H]1O. The van der Waals surface area contributed by atoms with Crippen LogP contribution in [0.15, 0.2) is 0 Å². The van der Waals surface area contributed by atoms with E-state index in [1.807, 2.05) is 0 Å². The highest BCUT2D eigenvalue weighted by Crippen LogP contribution is 2.34. The molecule has 0 spiro atoms. The van der Waals surface area contributed by atoms with Crippen LogP contribution in [-0.2, 0) is 47.5 Å². The van der Waals surface area contributed by atoms with Crippen molar-refractivity contribution in [2.45, 2.75) is 228 Å². The number of Topliss-reactive ketones (excluding diaryl/α,β-unsaturated/α-hetero) is 1. The average Bonchev–Trinajstić information content (AvgIpc) is 3.27. The van der Waals surface area contributed by atoms with Crippen molar-refractivity contribution in [2.75, 3.05) is 46.2 Å². The van der Waals surface area contributed by atoms with E-state index in [0.717, 1.165) is 19.8 Å². The molecule has 3 aliphatic heterocycles. The largest absolute Gasteiger partial charge is 0.394 e. The predicted molar refractivity (Wildman–Crippen MR) is 231 cm³/mol. The first kappa shape index (κ1) is 56.8. The molecule has 15 atom stereocenters. The average molecular weight is 926 g/mol. The van der Waals surface area contributed by atoms with Gasteiger partial charge in [-0.25, -0.2) is 0 Å². The van der Waals surface area contributed by atoms with E-state index in [4.69, 9.17) is 37.9 Å². The number of aliphatic hydroxyl groups excluding tert-OH is 8. The van der Waals surface area contributed by atoms with Crippen molar-refractivity contribution in [1.29, 1.82) is 0 Å². The van der Waals surface area contributed by atoms with Crippen molar-refractivity contribution in [2.24, 2.45) is 0 Å². The van der Waals surface area contributed by atoms with E-state index in [-0.39, 0.29) is 25.4 Å². The van der Waals surface area contributed by atoms with Gasteiger partial charge in [0.1, 0.15) is 73.7 Å². The molecule has 3 rings (SSSR count). The van der Waals surface area contributed by atoms with Gasteiger partial charge in [-0.1, -0.05) is 96.8 Å². The molecule has 1 amide bonds. The van der Waals surface area contributed by atoms with Gasteiger partial charge in [-0.3, -0.25) is 9.59 Å². The van der Waals surface area contributed by atoms with Crippen LogP contribution in [0.1, 0.15) is 136 Å². The van der Waals surface area contributed by atoms with E-state index >= 15 is 0 Å². The van der Waals surface area contributed by atoms with E-state index < -0.39 is 111 Å². The molecule has 0 saturated carbocycles. The number of carbonyl (C=O) groups is 2. The van der Waals surface area contributed by atoms with Gasteiger partial charge < -0.3 is 84.1 Å². The Kier molecular flexibility index (Phi) is 28.7. The lowest BCUT2D eigenvalue weighted by Gasteiger charge is -2.49. The summed E-state index contributed by atoms with van der Waals surface area (Å²) in [6, 6.07) is -1.43. The molecular weight excluding hydrogens is 842 g/mol. The molecule has 0 aromatic heterocycles. The molecule has 3 heterocycles. The second-order valence-corrected chi connectivity index (χ2v) is 17.5. The second-order valence-electron chi connectivity index (χ2n) is 17.5. The molecule has 0 aromatic carbocycles. The third kappa shape index (κ3) is 19.6. The Morgan fingerprint density at radius 1 is 0.531 bits per heavy atom. The number of unbranched alkanes of at least 4 members (excludes halogenated alkanes) is 15. The molecule has 3 fully saturated rings. The minimum absolute atomic E-state index is 0.0233. The molecule has 6 unspecified atom stereocenters. The summed E-state index contributed by atoms with van der Waals surface area (Å²) in [6.45, 7) is 4.64. The normalized spacial score (nSPS) is 33.3. The maximum atomic E-state index is 12.5. The molecule has 0 aliphatic carbocycles. The number of rotatable bonds is 34. The number of hydrogen-bond acceptors (Lipinski definition) is 18. The molecule has 0 bridgehead atoms. The Balaban J connectivity index is 1.41. The Morgan fingerprint density at radius 3 is 1.66 bits per heavy atom. The Morgan fingerprint density at radius 2 is 1.06 bits per heavy atom. The predicted octanol–water partition coefficient (Wildman–Crippen LogP) is 1.27.